The molecule has 1 aromatic carbocycles. The first-order chi connectivity index (χ1) is 8.85. The number of hydrogen-bond donors (Lipinski definition) is 1. The molecule has 2 aromatic rings. The number of halogens is 1. The Morgan fingerprint density at radius 2 is 2.05 bits per heavy atom. The number of nitrogens with one attached hydrogen (secondary N) is 1. The zero-order valence-electron chi connectivity index (χ0n) is 11.9. The third-order valence-electron chi connectivity index (χ3n) is 2.81. The molecule has 0 radical (unpaired) electrons. The number of nitrogens with zero attached hydrogens (tertiary/aromatic N) is 2. The molecule has 0 saturated heterocycles. The largest absolute Gasteiger partial charge is 0.308 e. The van der Waals surface area contributed by atoms with E-state index in [1.807, 2.05) is 23.1 Å². The number of aromatic nitrogens is 2. The minimum Gasteiger partial charge on any atom is -0.308 e. The Balaban J connectivity index is 2.33. The summed E-state index contributed by atoms with van der Waals surface area (Å²) in [5.74, 6) is 0. The van der Waals surface area contributed by atoms with Crippen LogP contribution in [0.15, 0.2) is 35.1 Å². The molecular weight excluding hydrogens is 302 g/mol. The van der Waals surface area contributed by atoms with Crippen molar-refractivity contribution in [2.24, 2.45) is 0 Å². The van der Waals surface area contributed by atoms with Crippen molar-refractivity contribution in [3.8, 4) is 5.69 Å². The highest BCUT2D eigenvalue weighted by Gasteiger charge is 2.12. The van der Waals surface area contributed by atoms with E-state index < -0.39 is 0 Å². The molecule has 0 aliphatic carbocycles. The Morgan fingerprint density at radius 3 is 2.63 bits per heavy atom. The molecule has 0 aliphatic heterocycles. The van der Waals surface area contributed by atoms with Crippen LogP contribution in [0.2, 0.25) is 0 Å². The second-order valence-electron chi connectivity index (χ2n) is 5.84. The van der Waals surface area contributed by atoms with E-state index in [0.717, 1.165) is 22.3 Å². The highest BCUT2D eigenvalue weighted by molar-refractivity contribution is 9.10. The third-order valence-corrected chi connectivity index (χ3v) is 3.30. The van der Waals surface area contributed by atoms with E-state index in [0.29, 0.717) is 0 Å². The summed E-state index contributed by atoms with van der Waals surface area (Å²) in [7, 11) is 0. The zero-order valence-corrected chi connectivity index (χ0v) is 13.5. The van der Waals surface area contributed by atoms with Crippen LogP contribution in [-0.4, -0.2) is 15.3 Å². The highest BCUT2D eigenvalue weighted by atomic mass is 79.9. The lowest BCUT2D eigenvalue weighted by Crippen LogP contribution is -2.35. The lowest BCUT2D eigenvalue weighted by molar-refractivity contribution is 0.424. The maximum atomic E-state index is 4.39. The van der Waals surface area contributed by atoms with Gasteiger partial charge >= 0.3 is 0 Å². The average Bonchev–Trinajstić information content (AvgIpc) is 2.72. The molecule has 1 N–H and O–H groups in total. The van der Waals surface area contributed by atoms with Crippen molar-refractivity contribution in [2.75, 3.05) is 0 Å². The van der Waals surface area contributed by atoms with Gasteiger partial charge in [0.15, 0.2) is 0 Å². The molecule has 4 heteroatoms. The summed E-state index contributed by atoms with van der Waals surface area (Å²) in [4.78, 5) is 0. The summed E-state index contributed by atoms with van der Waals surface area (Å²) in [6.45, 7) is 9.38. The first-order valence-electron chi connectivity index (χ1n) is 6.40. The maximum absolute atomic E-state index is 4.39. The molecule has 0 atom stereocenters. The molecule has 0 spiro atoms. The van der Waals surface area contributed by atoms with Gasteiger partial charge in [-0.05, 0) is 57.0 Å². The van der Waals surface area contributed by atoms with E-state index in [4.69, 9.17) is 0 Å². The fraction of sp³-hybridized carbons (Fsp3) is 0.400. The Kier molecular flexibility index (Phi) is 4.11. The first-order valence-corrected chi connectivity index (χ1v) is 7.19. The summed E-state index contributed by atoms with van der Waals surface area (Å²) < 4.78 is 3.02. The third kappa shape index (κ3) is 3.91. The molecular formula is C15H20BrN3. The Morgan fingerprint density at radius 1 is 1.32 bits per heavy atom. The SMILES string of the molecule is Cc1cnn(-c2ccc(Br)cc2CNC(C)(C)C)c1. The van der Waals surface area contributed by atoms with Gasteiger partial charge in [-0.3, -0.25) is 0 Å². The molecule has 0 unspecified atom stereocenters. The van der Waals surface area contributed by atoms with E-state index in [1.165, 1.54) is 5.56 Å². The normalized spacial score (nSPS) is 11.8. The van der Waals surface area contributed by atoms with Crippen molar-refractivity contribution >= 4 is 15.9 Å². The van der Waals surface area contributed by atoms with E-state index in [2.05, 4.69) is 66.2 Å². The highest BCUT2D eigenvalue weighted by Crippen LogP contribution is 2.20. The summed E-state index contributed by atoms with van der Waals surface area (Å²) in [6.07, 6.45) is 3.92. The van der Waals surface area contributed by atoms with Crippen LogP contribution < -0.4 is 5.32 Å². The molecule has 2 rings (SSSR count). The molecule has 19 heavy (non-hydrogen) atoms. The lowest BCUT2D eigenvalue weighted by Gasteiger charge is -2.21. The summed E-state index contributed by atoms with van der Waals surface area (Å²) in [5.41, 5.74) is 3.61. The molecule has 1 aromatic heterocycles. The van der Waals surface area contributed by atoms with Crippen molar-refractivity contribution in [2.45, 2.75) is 39.8 Å². The number of rotatable bonds is 3. The fourth-order valence-corrected chi connectivity index (χ4v) is 2.23. The average molecular weight is 322 g/mol. The molecule has 0 saturated carbocycles. The summed E-state index contributed by atoms with van der Waals surface area (Å²) in [5, 5.41) is 7.91. The van der Waals surface area contributed by atoms with Crippen LogP contribution >= 0.6 is 15.9 Å². The van der Waals surface area contributed by atoms with Crippen molar-refractivity contribution in [3.05, 3.63) is 46.2 Å². The number of benzene rings is 1. The van der Waals surface area contributed by atoms with Crippen molar-refractivity contribution < 1.29 is 0 Å². The monoisotopic (exact) mass is 321 g/mol. The van der Waals surface area contributed by atoms with Crippen LogP contribution in [0.1, 0.15) is 31.9 Å². The van der Waals surface area contributed by atoms with Gasteiger partial charge in [-0.25, -0.2) is 4.68 Å². The van der Waals surface area contributed by atoms with E-state index in [-0.39, 0.29) is 5.54 Å². The van der Waals surface area contributed by atoms with Gasteiger partial charge in [0.05, 0.1) is 11.9 Å². The van der Waals surface area contributed by atoms with Gasteiger partial charge in [0.25, 0.3) is 0 Å². The molecule has 0 aliphatic rings. The predicted octanol–water partition coefficient (Wildman–Crippen LogP) is 3.83. The standard InChI is InChI=1S/C15H20BrN3/c1-11-8-18-19(10-11)14-6-5-13(16)7-12(14)9-17-15(2,3)4/h5-8,10,17H,9H2,1-4H3. The lowest BCUT2D eigenvalue weighted by atomic mass is 10.1. The molecule has 0 amide bonds. The molecule has 0 bridgehead atoms. The number of aryl methyl sites for hydroxylation is 1. The molecule has 3 nitrogen and oxygen atoms in total. The Labute approximate surface area is 123 Å². The minimum atomic E-state index is 0.0968. The van der Waals surface area contributed by atoms with Gasteiger partial charge < -0.3 is 5.32 Å². The number of hydrogen-bond acceptors (Lipinski definition) is 2. The Bertz CT molecular complexity index is 567. The van der Waals surface area contributed by atoms with Gasteiger partial charge in [-0.2, -0.15) is 5.10 Å². The summed E-state index contributed by atoms with van der Waals surface area (Å²) in [6, 6.07) is 6.29. The van der Waals surface area contributed by atoms with Crippen molar-refractivity contribution in [1.29, 1.82) is 0 Å². The maximum Gasteiger partial charge on any atom is 0.0691 e. The van der Waals surface area contributed by atoms with Crippen LogP contribution in [0.5, 0.6) is 0 Å². The topological polar surface area (TPSA) is 29.9 Å². The van der Waals surface area contributed by atoms with Crippen LogP contribution in [0.25, 0.3) is 5.69 Å². The van der Waals surface area contributed by atoms with Gasteiger partial charge in [-0.1, -0.05) is 15.9 Å². The molecule has 1 heterocycles. The Hall–Kier alpha value is -1.13. The van der Waals surface area contributed by atoms with Gasteiger partial charge in [-0.15, -0.1) is 0 Å². The van der Waals surface area contributed by atoms with Gasteiger partial charge in [0.2, 0.25) is 0 Å². The minimum absolute atomic E-state index is 0.0968. The van der Waals surface area contributed by atoms with E-state index in [9.17, 15) is 0 Å². The first kappa shape index (κ1) is 14.3. The van der Waals surface area contributed by atoms with E-state index >= 15 is 0 Å². The second kappa shape index (κ2) is 5.47. The van der Waals surface area contributed by atoms with Crippen LogP contribution in [-0.2, 0) is 6.54 Å². The van der Waals surface area contributed by atoms with Crippen molar-refractivity contribution in [1.82, 2.24) is 15.1 Å². The summed E-state index contributed by atoms with van der Waals surface area (Å²) >= 11 is 3.54. The van der Waals surface area contributed by atoms with Gasteiger partial charge in [0.1, 0.15) is 0 Å². The van der Waals surface area contributed by atoms with Crippen LogP contribution in [0, 0.1) is 6.92 Å². The smallest absolute Gasteiger partial charge is 0.0691 e. The van der Waals surface area contributed by atoms with E-state index in [1.54, 1.807) is 0 Å². The van der Waals surface area contributed by atoms with Crippen molar-refractivity contribution in [3.63, 3.8) is 0 Å². The van der Waals surface area contributed by atoms with Crippen LogP contribution in [0.4, 0.5) is 0 Å². The van der Waals surface area contributed by atoms with Gasteiger partial charge in [0, 0.05) is 22.8 Å². The molecule has 0 fully saturated rings. The quantitative estimate of drug-likeness (QED) is 0.931. The second-order valence-corrected chi connectivity index (χ2v) is 6.75. The fourth-order valence-electron chi connectivity index (χ4n) is 1.82. The zero-order chi connectivity index (χ0) is 14.0. The molecule has 102 valence electrons. The predicted molar refractivity (Wildman–Crippen MR) is 82.6 cm³/mol. The van der Waals surface area contributed by atoms with Crippen LogP contribution in [0.3, 0.4) is 0 Å².